The summed E-state index contributed by atoms with van der Waals surface area (Å²) in [5.74, 6) is 0.174. The van der Waals surface area contributed by atoms with Crippen molar-refractivity contribution in [2.45, 2.75) is 12.8 Å². The number of nitrogens with zero attached hydrogens (tertiary/aromatic N) is 1. The van der Waals surface area contributed by atoms with E-state index in [1.165, 1.54) is 6.20 Å². The number of carbonyl (C=O) groups excluding carboxylic acids is 1. The molecule has 0 amide bonds. The Labute approximate surface area is 88.4 Å². The molecule has 4 nitrogen and oxygen atoms in total. The van der Waals surface area contributed by atoms with Crippen molar-refractivity contribution in [2.75, 3.05) is 18.9 Å². The van der Waals surface area contributed by atoms with Crippen LogP contribution in [-0.2, 0) is 4.74 Å². The molecule has 1 aromatic heterocycles. The highest BCUT2D eigenvalue weighted by atomic mass is 16.5. The van der Waals surface area contributed by atoms with Crippen LogP contribution in [0.1, 0.15) is 23.3 Å². The summed E-state index contributed by atoms with van der Waals surface area (Å²) < 4.78 is 5.21. The summed E-state index contributed by atoms with van der Waals surface area (Å²) in [6.45, 7) is 1.34. The molecule has 15 heavy (non-hydrogen) atoms. The van der Waals surface area contributed by atoms with Crippen molar-refractivity contribution < 1.29 is 9.53 Å². The van der Waals surface area contributed by atoms with Crippen molar-refractivity contribution in [1.82, 2.24) is 4.98 Å². The van der Waals surface area contributed by atoms with Crippen LogP contribution < -0.4 is 5.73 Å². The zero-order chi connectivity index (χ0) is 10.7. The molecule has 0 spiro atoms. The van der Waals surface area contributed by atoms with Gasteiger partial charge in [-0.15, -0.1) is 0 Å². The van der Waals surface area contributed by atoms with Gasteiger partial charge in [-0.2, -0.15) is 0 Å². The van der Waals surface area contributed by atoms with Crippen LogP contribution in [0.25, 0.3) is 0 Å². The van der Waals surface area contributed by atoms with Crippen LogP contribution in [0.5, 0.6) is 0 Å². The molecule has 2 heterocycles. The van der Waals surface area contributed by atoms with Crippen LogP contribution in [0.2, 0.25) is 0 Å². The SMILES string of the molecule is Nc1ccc(C(=O)C2CCOCC2)nc1. The predicted molar refractivity (Wildman–Crippen MR) is 56.5 cm³/mol. The van der Waals surface area contributed by atoms with Gasteiger partial charge in [0.2, 0.25) is 0 Å². The molecule has 1 aliphatic heterocycles. The van der Waals surface area contributed by atoms with E-state index < -0.39 is 0 Å². The number of aromatic nitrogens is 1. The van der Waals surface area contributed by atoms with Gasteiger partial charge in [0.05, 0.1) is 11.9 Å². The van der Waals surface area contributed by atoms with Crippen LogP contribution in [0.3, 0.4) is 0 Å². The average Bonchev–Trinajstić information content (AvgIpc) is 2.30. The molecule has 2 N–H and O–H groups in total. The van der Waals surface area contributed by atoms with Crippen LogP contribution in [-0.4, -0.2) is 24.0 Å². The Hall–Kier alpha value is -1.42. The number of hydrogen-bond donors (Lipinski definition) is 1. The minimum absolute atomic E-state index is 0.0647. The van der Waals surface area contributed by atoms with E-state index in [0.717, 1.165) is 12.8 Å². The van der Waals surface area contributed by atoms with Crippen molar-refractivity contribution >= 4 is 11.5 Å². The monoisotopic (exact) mass is 206 g/mol. The fraction of sp³-hybridized carbons (Fsp3) is 0.455. The smallest absolute Gasteiger partial charge is 0.184 e. The molecule has 1 fully saturated rings. The van der Waals surface area contributed by atoms with E-state index in [9.17, 15) is 4.79 Å². The third-order valence-corrected chi connectivity index (χ3v) is 2.63. The first kappa shape index (κ1) is 10.1. The summed E-state index contributed by atoms with van der Waals surface area (Å²) in [5.41, 5.74) is 6.60. The number of nitrogens with two attached hydrogens (primary N) is 1. The van der Waals surface area contributed by atoms with Gasteiger partial charge < -0.3 is 10.5 Å². The number of anilines is 1. The highest BCUT2D eigenvalue weighted by molar-refractivity contribution is 5.96. The van der Waals surface area contributed by atoms with Crippen LogP contribution in [0.15, 0.2) is 18.3 Å². The molecule has 0 radical (unpaired) electrons. The second kappa shape index (κ2) is 4.40. The number of ketones is 1. The molecule has 0 atom stereocenters. The van der Waals surface area contributed by atoms with Gasteiger partial charge in [0.15, 0.2) is 5.78 Å². The number of pyridine rings is 1. The maximum atomic E-state index is 12.0. The summed E-state index contributed by atoms with van der Waals surface area (Å²) in [7, 11) is 0. The predicted octanol–water partition coefficient (Wildman–Crippen LogP) is 1.27. The minimum atomic E-state index is 0.0647. The lowest BCUT2D eigenvalue weighted by Crippen LogP contribution is -2.24. The first-order valence-electron chi connectivity index (χ1n) is 5.11. The van der Waals surface area contributed by atoms with E-state index in [1.54, 1.807) is 12.1 Å². The molecule has 80 valence electrons. The van der Waals surface area contributed by atoms with E-state index in [-0.39, 0.29) is 11.7 Å². The van der Waals surface area contributed by atoms with Crippen molar-refractivity contribution in [3.63, 3.8) is 0 Å². The highest BCUT2D eigenvalue weighted by Crippen LogP contribution is 2.19. The zero-order valence-electron chi connectivity index (χ0n) is 8.48. The van der Waals surface area contributed by atoms with Crippen LogP contribution in [0, 0.1) is 5.92 Å². The number of carbonyl (C=O) groups is 1. The molecule has 0 aliphatic carbocycles. The summed E-state index contributed by atoms with van der Waals surface area (Å²) in [6.07, 6.45) is 3.11. The highest BCUT2D eigenvalue weighted by Gasteiger charge is 2.23. The van der Waals surface area contributed by atoms with Crippen LogP contribution >= 0.6 is 0 Å². The van der Waals surface area contributed by atoms with Gasteiger partial charge >= 0.3 is 0 Å². The van der Waals surface area contributed by atoms with Crippen molar-refractivity contribution in [2.24, 2.45) is 5.92 Å². The van der Waals surface area contributed by atoms with Crippen molar-refractivity contribution in [3.05, 3.63) is 24.0 Å². The Morgan fingerprint density at radius 3 is 2.73 bits per heavy atom. The lowest BCUT2D eigenvalue weighted by Gasteiger charge is -2.20. The van der Waals surface area contributed by atoms with Gasteiger partial charge in [-0.1, -0.05) is 0 Å². The lowest BCUT2D eigenvalue weighted by molar-refractivity contribution is 0.0541. The molecular weight excluding hydrogens is 192 g/mol. The maximum Gasteiger partial charge on any atom is 0.184 e. The Morgan fingerprint density at radius 1 is 1.40 bits per heavy atom. The van der Waals surface area contributed by atoms with Crippen LogP contribution in [0.4, 0.5) is 5.69 Å². The van der Waals surface area contributed by atoms with Gasteiger partial charge in [-0.3, -0.25) is 9.78 Å². The summed E-state index contributed by atoms with van der Waals surface area (Å²) in [5, 5.41) is 0. The molecule has 4 heteroatoms. The lowest BCUT2D eigenvalue weighted by atomic mass is 9.93. The number of ether oxygens (including phenoxy) is 1. The molecular formula is C11H14N2O2. The summed E-state index contributed by atoms with van der Waals surface area (Å²) in [4.78, 5) is 16.0. The number of rotatable bonds is 2. The second-order valence-electron chi connectivity index (χ2n) is 3.73. The van der Waals surface area contributed by atoms with Crippen molar-refractivity contribution in [3.8, 4) is 0 Å². The Morgan fingerprint density at radius 2 is 2.13 bits per heavy atom. The largest absolute Gasteiger partial charge is 0.397 e. The molecule has 0 aromatic carbocycles. The van der Waals surface area contributed by atoms with E-state index in [2.05, 4.69) is 4.98 Å². The maximum absolute atomic E-state index is 12.0. The Balaban J connectivity index is 2.09. The van der Waals surface area contributed by atoms with Crippen molar-refractivity contribution in [1.29, 1.82) is 0 Å². The fourth-order valence-electron chi connectivity index (χ4n) is 1.72. The third-order valence-electron chi connectivity index (χ3n) is 2.63. The minimum Gasteiger partial charge on any atom is -0.397 e. The standard InChI is InChI=1S/C11H14N2O2/c12-9-1-2-10(13-7-9)11(14)8-3-5-15-6-4-8/h1-2,7-8H,3-6,12H2. The van der Waals surface area contributed by atoms with E-state index in [1.807, 2.05) is 0 Å². The van der Waals surface area contributed by atoms with E-state index >= 15 is 0 Å². The number of Topliss-reactive ketones (excluding diaryl/α,β-unsaturated/α-hetero) is 1. The zero-order valence-corrected chi connectivity index (χ0v) is 8.48. The summed E-state index contributed by atoms with van der Waals surface area (Å²) >= 11 is 0. The summed E-state index contributed by atoms with van der Waals surface area (Å²) in [6, 6.07) is 3.40. The second-order valence-corrected chi connectivity index (χ2v) is 3.73. The molecule has 0 saturated carbocycles. The molecule has 2 rings (SSSR count). The normalized spacial score (nSPS) is 17.6. The Kier molecular flexibility index (Phi) is 2.97. The Bertz CT molecular complexity index is 342. The van der Waals surface area contributed by atoms with Gasteiger partial charge in [-0.25, -0.2) is 0 Å². The average molecular weight is 206 g/mol. The first-order chi connectivity index (χ1) is 7.27. The molecule has 0 bridgehead atoms. The van der Waals surface area contributed by atoms with E-state index in [0.29, 0.717) is 24.6 Å². The molecule has 0 unspecified atom stereocenters. The topological polar surface area (TPSA) is 65.2 Å². The molecule has 1 aliphatic rings. The quantitative estimate of drug-likeness (QED) is 0.740. The fourth-order valence-corrected chi connectivity index (χ4v) is 1.72. The van der Waals surface area contributed by atoms with Gasteiger partial charge in [-0.05, 0) is 25.0 Å². The molecule has 1 saturated heterocycles. The number of hydrogen-bond acceptors (Lipinski definition) is 4. The van der Waals surface area contributed by atoms with Gasteiger partial charge in [0.25, 0.3) is 0 Å². The van der Waals surface area contributed by atoms with E-state index in [4.69, 9.17) is 10.5 Å². The first-order valence-corrected chi connectivity index (χ1v) is 5.11. The number of nitrogen functional groups attached to an aromatic ring is 1. The third kappa shape index (κ3) is 2.33. The molecule has 1 aromatic rings. The van der Waals surface area contributed by atoms with Gasteiger partial charge in [0.1, 0.15) is 5.69 Å². The van der Waals surface area contributed by atoms with Gasteiger partial charge in [0, 0.05) is 19.1 Å².